The Morgan fingerprint density at radius 2 is 2.17 bits per heavy atom. The highest BCUT2D eigenvalue weighted by Gasteiger charge is 2.11. The summed E-state index contributed by atoms with van der Waals surface area (Å²) >= 11 is 1.53. The highest BCUT2D eigenvalue weighted by molar-refractivity contribution is 7.10. The molecule has 1 heterocycles. The maximum absolute atomic E-state index is 13.1. The number of aliphatic hydroxyl groups is 1. The van der Waals surface area contributed by atoms with E-state index in [4.69, 9.17) is 0 Å². The van der Waals surface area contributed by atoms with Crippen molar-refractivity contribution in [2.75, 3.05) is 6.54 Å². The molecule has 4 heteroatoms. The molecular weight excluding hydrogens is 249 g/mol. The molecule has 0 aliphatic rings. The Labute approximate surface area is 110 Å². The molecule has 0 amide bonds. The first kappa shape index (κ1) is 13.2. The van der Waals surface area contributed by atoms with Crippen LogP contribution >= 0.6 is 11.3 Å². The van der Waals surface area contributed by atoms with Crippen LogP contribution in [0.1, 0.15) is 29.5 Å². The van der Waals surface area contributed by atoms with Crippen LogP contribution in [0.25, 0.3) is 0 Å². The summed E-state index contributed by atoms with van der Waals surface area (Å²) in [5.41, 5.74) is 0.883. The first-order valence-corrected chi connectivity index (χ1v) is 6.75. The summed E-state index contributed by atoms with van der Waals surface area (Å²) in [6, 6.07) is 10.3. The van der Waals surface area contributed by atoms with E-state index < -0.39 is 6.10 Å². The number of rotatable bonds is 5. The quantitative estimate of drug-likeness (QED) is 0.869. The standard InChI is InChI=1S/C14H16FNOS/c1-10(11-4-2-5-12(15)8-11)16-9-13(17)14-6-3-7-18-14/h2-8,10,13,16-17H,9H2,1H3/t10-,13?/m1/s1. The lowest BCUT2D eigenvalue weighted by molar-refractivity contribution is 0.174. The maximum atomic E-state index is 13.1. The van der Waals surface area contributed by atoms with Gasteiger partial charge in [-0.1, -0.05) is 18.2 Å². The molecule has 0 bridgehead atoms. The number of thiophene rings is 1. The second-order valence-electron chi connectivity index (χ2n) is 4.22. The summed E-state index contributed by atoms with van der Waals surface area (Å²) in [7, 11) is 0. The second-order valence-corrected chi connectivity index (χ2v) is 5.20. The Bertz CT molecular complexity index is 486. The minimum atomic E-state index is -0.513. The van der Waals surface area contributed by atoms with E-state index in [-0.39, 0.29) is 11.9 Å². The minimum Gasteiger partial charge on any atom is -0.386 e. The van der Waals surface area contributed by atoms with Crippen LogP contribution in [-0.2, 0) is 0 Å². The maximum Gasteiger partial charge on any atom is 0.123 e. The van der Waals surface area contributed by atoms with Gasteiger partial charge in [-0.15, -0.1) is 11.3 Å². The van der Waals surface area contributed by atoms with Crippen LogP contribution in [0.4, 0.5) is 4.39 Å². The third kappa shape index (κ3) is 3.38. The summed E-state index contributed by atoms with van der Waals surface area (Å²) in [5.74, 6) is -0.236. The Morgan fingerprint density at radius 3 is 2.83 bits per heavy atom. The predicted octanol–water partition coefficient (Wildman–Crippen LogP) is 3.27. The van der Waals surface area contributed by atoms with Gasteiger partial charge in [0.05, 0.1) is 0 Å². The normalized spacial score (nSPS) is 14.4. The van der Waals surface area contributed by atoms with E-state index >= 15 is 0 Å². The van der Waals surface area contributed by atoms with Gasteiger partial charge in [-0.05, 0) is 36.1 Å². The van der Waals surface area contributed by atoms with Crippen molar-refractivity contribution in [1.82, 2.24) is 5.32 Å². The summed E-state index contributed by atoms with van der Waals surface area (Å²) in [6.07, 6.45) is -0.513. The Hall–Kier alpha value is -1.23. The van der Waals surface area contributed by atoms with E-state index in [0.717, 1.165) is 10.4 Å². The molecule has 2 aromatic rings. The van der Waals surface area contributed by atoms with E-state index in [1.807, 2.05) is 30.5 Å². The van der Waals surface area contributed by atoms with Gasteiger partial charge in [-0.3, -0.25) is 0 Å². The van der Waals surface area contributed by atoms with Crippen LogP contribution in [0.5, 0.6) is 0 Å². The predicted molar refractivity (Wildman–Crippen MR) is 72.1 cm³/mol. The Balaban J connectivity index is 1.90. The van der Waals surface area contributed by atoms with Crippen molar-refractivity contribution in [3.05, 3.63) is 58.0 Å². The summed E-state index contributed by atoms with van der Waals surface area (Å²) < 4.78 is 13.1. The van der Waals surface area contributed by atoms with Crippen molar-refractivity contribution in [3.8, 4) is 0 Å². The zero-order chi connectivity index (χ0) is 13.0. The molecule has 0 spiro atoms. The van der Waals surface area contributed by atoms with Crippen LogP contribution in [0.2, 0.25) is 0 Å². The number of nitrogens with one attached hydrogen (secondary N) is 1. The average molecular weight is 265 g/mol. The van der Waals surface area contributed by atoms with E-state index in [1.165, 1.54) is 23.5 Å². The highest BCUT2D eigenvalue weighted by Crippen LogP contribution is 2.19. The molecule has 0 saturated heterocycles. The van der Waals surface area contributed by atoms with E-state index in [9.17, 15) is 9.50 Å². The molecule has 2 nitrogen and oxygen atoms in total. The molecule has 1 aromatic carbocycles. The van der Waals surface area contributed by atoms with Gasteiger partial charge in [0.1, 0.15) is 11.9 Å². The molecule has 2 N–H and O–H groups in total. The van der Waals surface area contributed by atoms with Gasteiger partial charge in [0.15, 0.2) is 0 Å². The fourth-order valence-corrected chi connectivity index (χ4v) is 2.48. The summed E-state index contributed by atoms with van der Waals surface area (Å²) in [5, 5.41) is 15.1. The van der Waals surface area contributed by atoms with Crippen molar-refractivity contribution < 1.29 is 9.50 Å². The lowest BCUT2D eigenvalue weighted by Gasteiger charge is -2.16. The second kappa shape index (κ2) is 6.09. The summed E-state index contributed by atoms with van der Waals surface area (Å²) in [6.45, 7) is 2.41. The SMILES string of the molecule is C[C@@H](NCC(O)c1cccs1)c1cccc(F)c1. The molecule has 0 saturated carbocycles. The summed E-state index contributed by atoms with van der Waals surface area (Å²) in [4.78, 5) is 0.939. The van der Waals surface area contributed by atoms with E-state index in [0.29, 0.717) is 6.54 Å². The first-order valence-electron chi connectivity index (χ1n) is 5.87. The molecule has 0 aliphatic heterocycles. The monoisotopic (exact) mass is 265 g/mol. The zero-order valence-corrected chi connectivity index (χ0v) is 11.0. The van der Waals surface area contributed by atoms with E-state index in [1.54, 1.807) is 6.07 Å². The average Bonchev–Trinajstić information content (AvgIpc) is 2.89. The van der Waals surface area contributed by atoms with Gasteiger partial charge >= 0.3 is 0 Å². The molecule has 1 unspecified atom stereocenters. The molecule has 0 radical (unpaired) electrons. The van der Waals surface area contributed by atoms with Gasteiger partial charge in [-0.25, -0.2) is 4.39 Å². The van der Waals surface area contributed by atoms with Crippen molar-refractivity contribution in [2.24, 2.45) is 0 Å². The van der Waals surface area contributed by atoms with Crippen LogP contribution in [0.3, 0.4) is 0 Å². The topological polar surface area (TPSA) is 32.3 Å². The van der Waals surface area contributed by atoms with Crippen molar-refractivity contribution in [1.29, 1.82) is 0 Å². The molecule has 0 aliphatic carbocycles. The highest BCUT2D eigenvalue weighted by atomic mass is 32.1. The molecule has 96 valence electrons. The number of aliphatic hydroxyl groups excluding tert-OH is 1. The Kier molecular flexibility index (Phi) is 4.47. The van der Waals surface area contributed by atoms with Gasteiger partial charge in [-0.2, -0.15) is 0 Å². The Morgan fingerprint density at radius 1 is 1.33 bits per heavy atom. The largest absolute Gasteiger partial charge is 0.386 e. The third-order valence-corrected chi connectivity index (χ3v) is 3.81. The fourth-order valence-electron chi connectivity index (χ4n) is 1.76. The van der Waals surface area contributed by atoms with Gasteiger partial charge in [0.2, 0.25) is 0 Å². The van der Waals surface area contributed by atoms with E-state index in [2.05, 4.69) is 5.32 Å². The zero-order valence-electron chi connectivity index (χ0n) is 10.1. The molecule has 2 atom stereocenters. The van der Waals surface area contributed by atoms with Crippen molar-refractivity contribution in [3.63, 3.8) is 0 Å². The van der Waals surface area contributed by atoms with Gasteiger partial charge in [0, 0.05) is 17.5 Å². The third-order valence-electron chi connectivity index (χ3n) is 2.84. The van der Waals surface area contributed by atoms with Crippen molar-refractivity contribution in [2.45, 2.75) is 19.1 Å². The molecule has 1 aromatic heterocycles. The number of benzene rings is 1. The van der Waals surface area contributed by atoms with Crippen LogP contribution in [-0.4, -0.2) is 11.7 Å². The minimum absolute atomic E-state index is 0.00955. The molecular formula is C14H16FNOS. The first-order chi connectivity index (χ1) is 8.66. The van der Waals surface area contributed by atoms with Crippen LogP contribution in [0, 0.1) is 5.82 Å². The number of hydrogen-bond donors (Lipinski definition) is 2. The van der Waals surface area contributed by atoms with Crippen molar-refractivity contribution >= 4 is 11.3 Å². The van der Waals surface area contributed by atoms with Gasteiger partial charge < -0.3 is 10.4 Å². The van der Waals surface area contributed by atoms with Crippen LogP contribution in [0.15, 0.2) is 41.8 Å². The van der Waals surface area contributed by atoms with Gasteiger partial charge in [0.25, 0.3) is 0 Å². The number of hydrogen-bond acceptors (Lipinski definition) is 3. The smallest absolute Gasteiger partial charge is 0.123 e. The molecule has 2 rings (SSSR count). The lowest BCUT2D eigenvalue weighted by Crippen LogP contribution is -2.24. The van der Waals surface area contributed by atoms with Crippen LogP contribution < -0.4 is 5.32 Å². The lowest BCUT2D eigenvalue weighted by atomic mass is 10.1. The number of halogens is 1. The fraction of sp³-hybridized carbons (Fsp3) is 0.286. The molecule has 18 heavy (non-hydrogen) atoms. The molecule has 0 fully saturated rings.